The van der Waals surface area contributed by atoms with Crippen LogP contribution in [0.4, 0.5) is 11.4 Å². The van der Waals surface area contributed by atoms with Crippen LogP contribution in [0.5, 0.6) is 5.75 Å². The molecule has 0 bridgehead atoms. The summed E-state index contributed by atoms with van der Waals surface area (Å²) in [6, 6.07) is 9.77. The first-order valence-electron chi connectivity index (χ1n) is 5.94. The number of phenolic OH excluding ortho intramolecular Hbond substituents is 1. The molecule has 98 valence electrons. The summed E-state index contributed by atoms with van der Waals surface area (Å²) in [5, 5.41) is 12.0. The highest BCUT2D eigenvalue weighted by Crippen LogP contribution is 2.23. The van der Waals surface area contributed by atoms with E-state index < -0.39 is 0 Å². The number of aromatic hydroxyl groups is 1. The summed E-state index contributed by atoms with van der Waals surface area (Å²) in [6.07, 6.45) is 0. The molecule has 0 fully saturated rings. The number of carbonyl (C=O) groups is 1. The lowest BCUT2D eigenvalue weighted by Gasteiger charge is -2.11. The van der Waals surface area contributed by atoms with E-state index in [1.165, 1.54) is 12.1 Å². The molecular formula is C15H16N2O2. The minimum Gasteiger partial charge on any atom is -0.508 e. The van der Waals surface area contributed by atoms with Gasteiger partial charge in [0.2, 0.25) is 0 Å². The zero-order chi connectivity index (χ0) is 14.0. The quantitative estimate of drug-likeness (QED) is 0.723. The first-order chi connectivity index (χ1) is 8.97. The largest absolute Gasteiger partial charge is 0.508 e. The lowest BCUT2D eigenvalue weighted by molar-refractivity contribution is 0.102. The highest BCUT2D eigenvalue weighted by molar-refractivity contribution is 6.05. The third-order valence-electron chi connectivity index (χ3n) is 2.99. The van der Waals surface area contributed by atoms with Gasteiger partial charge in [0.15, 0.2) is 0 Å². The van der Waals surface area contributed by atoms with E-state index in [9.17, 15) is 9.90 Å². The van der Waals surface area contributed by atoms with Crippen molar-refractivity contribution >= 4 is 17.3 Å². The number of anilines is 2. The van der Waals surface area contributed by atoms with Crippen LogP contribution >= 0.6 is 0 Å². The van der Waals surface area contributed by atoms with Gasteiger partial charge >= 0.3 is 0 Å². The van der Waals surface area contributed by atoms with E-state index in [1.54, 1.807) is 18.2 Å². The van der Waals surface area contributed by atoms with Gasteiger partial charge in [-0.05, 0) is 55.3 Å². The summed E-state index contributed by atoms with van der Waals surface area (Å²) in [6.45, 7) is 3.84. The molecule has 2 rings (SSSR count). The minimum atomic E-state index is -0.230. The van der Waals surface area contributed by atoms with Gasteiger partial charge in [0.25, 0.3) is 5.91 Å². The number of amides is 1. The van der Waals surface area contributed by atoms with Crippen molar-refractivity contribution in [1.82, 2.24) is 0 Å². The molecule has 1 amide bonds. The first-order valence-corrected chi connectivity index (χ1v) is 5.94. The SMILES string of the molecule is Cc1cc(C)c(NC(=O)c2ccc(O)cc2)cc1N. The minimum absolute atomic E-state index is 0.132. The van der Waals surface area contributed by atoms with Crippen LogP contribution in [0.25, 0.3) is 0 Å². The Morgan fingerprint density at radius 3 is 2.37 bits per heavy atom. The highest BCUT2D eigenvalue weighted by atomic mass is 16.3. The Balaban J connectivity index is 2.24. The maximum Gasteiger partial charge on any atom is 0.255 e. The van der Waals surface area contributed by atoms with Crippen LogP contribution in [0, 0.1) is 13.8 Å². The van der Waals surface area contributed by atoms with Crippen molar-refractivity contribution in [1.29, 1.82) is 0 Å². The molecule has 0 aromatic heterocycles. The molecule has 4 heteroatoms. The van der Waals surface area contributed by atoms with Gasteiger partial charge in [0.05, 0.1) is 0 Å². The van der Waals surface area contributed by atoms with E-state index in [0.717, 1.165) is 11.1 Å². The van der Waals surface area contributed by atoms with E-state index in [-0.39, 0.29) is 11.7 Å². The average molecular weight is 256 g/mol. The van der Waals surface area contributed by atoms with Crippen molar-refractivity contribution in [2.24, 2.45) is 0 Å². The molecule has 0 aliphatic heterocycles. The second-order valence-corrected chi connectivity index (χ2v) is 4.52. The van der Waals surface area contributed by atoms with Gasteiger partial charge in [0.1, 0.15) is 5.75 Å². The van der Waals surface area contributed by atoms with Gasteiger partial charge in [-0.25, -0.2) is 0 Å². The predicted molar refractivity (Wildman–Crippen MR) is 76.4 cm³/mol. The van der Waals surface area contributed by atoms with Gasteiger partial charge < -0.3 is 16.2 Å². The van der Waals surface area contributed by atoms with E-state index in [4.69, 9.17) is 5.73 Å². The molecule has 0 aliphatic rings. The normalized spacial score (nSPS) is 10.2. The fraction of sp³-hybridized carbons (Fsp3) is 0.133. The Bertz CT molecular complexity index is 619. The Hall–Kier alpha value is -2.49. The zero-order valence-electron chi connectivity index (χ0n) is 10.9. The highest BCUT2D eigenvalue weighted by Gasteiger charge is 2.09. The summed E-state index contributed by atoms with van der Waals surface area (Å²) >= 11 is 0. The predicted octanol–water partition coefficient (Wildman–Crippen LogP) is 2.84. The third-order valence-corrected chi connectivity index (χ3v) is 2.99. The summed E-state index contributed by atoms with van der Waals surface area (Å²) in [5.74, 6) is -0.0985. The molecule has 4 nitrogen and oxygen atoms in total. The number of hydrogen-bond acceptors (Lipinski definition) is 3. The average Bonchev–Trinajstić information content (AvgIpc) is 2.36. The summed E-state index contributed by atoms with van der Waals surface area (Å²) in [5.41, 5.74) is 9.61. The second-order valence-electron chi connectivity index (χ2n) is 4.52. The lowest BCUT2D eigenvalue weighted by Crippen LogP contribution is -2.13. The van der Waals surface area contributed by atoms with Crippen LogP contribution in [0.2, 0.25) is 0 Å². The molecule has 19 heavy (non-hydrogen) atoms. The van der Waals surface area contributed by atoms with Crippen LogP contribution in [0.1, 0.15) is 21.5 Å². The molecule has 0 spiro atoms. The number of nitrogens with two attached hydrogens (primary N) is 1. The molecule has 2 aromatic carbocycles. The maximum atomic E-state index is 12.0. The molecule has 0 aliphatic carbocycles. The molecule has 0 atom stereocenters. The monoisotopic (exact) mass is 256 g/mol. The number of rotatable bonds is 2. The zero-order valence-corrected chi connectivity index (χ0v) is 10.9. The molecule has 0 saturated heterocycles. The first kappa shape index (κ1) is 13.0. The van der Waals surface area contributed by atoms with Crippen LogP contribution in [0.15, 0.2) is 36.4 Å². The topological polar surface area (TPSA) is 75.3 Å². The van der Waals surface area contributed by atoms with Gasteiger partial charge in [-0.1, -0.05) is 6.07 Å². The Kier molecular flexibility index (Phi) is 3.42. The van der Waals surface area contributed by atoms with Gasteiger partial charge in [-0.15, -0.1) is 0 Å². The lowest BCUT2D eigenvalue weighted by atomic mass is 10.1. The summed E-state index contributed by atoms with van der Waals surface area (Å²) < 4.78 is 0. The van der Waals surface area contributed by atoms with E-state index >= 15 is 0 Å². The maximum absolute atomic E-state index is 12.0. The molecule has 0 saturated carbocycles. The van der Waals surface area contributed by atoms with Crippen LogP contribution in [-0.2, 0) is 0 Å². The van der Waals surface area contributed by atoms with E-state index in [2.05, 4.69) is 5.32 Å². The molecule has 0 heterocycles. The number of phenols is 1. The van der Waals surface area contributed by atoms with Crippen molar-refractivity contribution < 1.29 is 9.90 Å². The van der Waals surface area contributed by atoms with Gasteiger partial charge in [-0.2, -0.15) is 0 Å². The molecule has 0 radical (unpaired) electrons. The number of benzene rings is 2. The van der Waals surface area contributed by atoms with Crippen molar-refractivity contribution in [2.75, 3.05) is 11.1 Å². The Morgan fingerprint density at radius 2 is 1.74 bits per heavy atom. The standard InChI is InChI=1S/C15H16N2O2/c1-9-7-10(2)14(8-13(9)16)17-15(19)11-3-5-12(18)6-4-11/h3-8,18H,16H2,1-2H3,(H,17,19). The molecule has 4 N–H and O–H groups in total. The second kappa shape index (κ2) is 5.02. The van der Waals surface area contributed by atoms with Crippen molar-refractivity contribution in [3.8, 4) is 5.75 Å². The number of hydrogen-bond donors (Lipinski definition) is 3. The molecule has 0 unspecified atom stereocenters. The van der Waals surface area contributed by atoms with E-state index in [1.807, 2.05) is 19.9 Å². The van der Waals surface area contributed by atoms with Crippen LogP contribution < -0.4 is 11.1 Å². The molecular weight excluding hydrogens is 240 g/mol. The van der Waals surface area contributed by atoms with Crippen LogP contribution in [0.3, 0.4) is 0 Å². The molecule has 2 aromatic rings. The third kappa shape index (κ3) is 2.85. The van der Waals surface area contributed by atoms with Crippen molar-refractivity contribution in [3.05, 3.63) is 53.1 Å². The number of aryl methyl sites for hydroxylation is 2. The Morgan fingerprint density at radius 1 is 1.11 bits per heavy atom. The fourth-order valence-corrected chi connectivity index (χ4v) is 1.81. The van der Waals surface area contributed by atoms with Crippen molar-refractivity contribution in [3.63, 3.8) is 0 Å². The van der Waals surface area contributed by atoms with E-state index in [0.29, 0.717) is 16.9 Å². The number of carbonyl (C=O) groups excluding carboxylic acids is 1. The summed E-state index contributed by atoms with van der Waals surface area (Å²) in [7, 11) is 0. The van der Waals surface area contributed by atoms with Gasteiger partial charge in [0, 0.05) is 16.9 Å². The van der Waals surface area contributed by atoms with Gasteiger partial charge in [-0.3, -0.25) is 4.79 Å². The smallest absolute Gasteiger partial charge is 0.255 e. The number of nitrogen functional groups attached to an aromatic ring is 1. The van der Waals surface area contributed by atoms with Crippen LogP contribution in [-0.4, -0.2) is 11.0 Å². The summed E-state index contributed by atoms with van der Waals surface area (Å²) in [4.78, 5) is 12.0. The van der Waals surface area contributed by atoms with Crippen molar-refractivity contribution in [2.45, 2.75) is 13.8 Å². The fourth-order valence-electron chi connectivity index (χ4n) is 1.81. The Labute approximate surface area is 111 Å². The number of nitrogens with one attached hydrogen (secondary N) is 1.